The maximum Gasteiger partial charge on any atom is 0.274 e. The largest absolute Gasteiger partial charge is 0.342 e. The molecule has 2 rings (SSSR count). The quantitative estimate of drug-likeness (QED) is 0.874. The van der Waals surface area contributed by atoms with Gasteiger partial charge in [0.2, 0.25) is 5.95 Å². The van der Waals surface area contributed by atoms with Gasteiger partial charge in [-0.3, -0.25) is 10.1 Å². The molecule has 0 aliphatic heterocycles. The lowest BCUT2D eigenvalue weighted by atomic mass is 10.4. The molecule has 0 bridgehead atoms. The zero-order valence-corrected chi connectivity index (χ0v) is 10.0. The first-order valence-electron chi connectivity index (χ1n) is 5.23. The number of nitrogens with one attached hydrogen (secondary N) is 2. The van der Waals surface area contributed by atoms with Gasteiger partial charge < -0.3 is 4.57 Å². The summed E-state index contributed by atoms with van der Waals surface area (Å²) in [5.41, 5.74) is 0.508. The minimum absolute atomic E-state index is 0.262. The Labute approximate surface area is 103 Å². The fourth-order valence-electron chi connectivity index (χ4n) is 1.53. The predicted octanol–water partition coefficient (Wildman–Crippen LogP) is 1.92. The van der Waals surface area contributed by atoms with Crippen molar-refractivity contribution < 1.29 is 4.79 Å². The van der Waals surface area contributed by atoms with Crippen LogP contribution in [0.2, 0.25) is 5.02 Å². The number of hydrogen-bond acceptors (Lipinski definition) is 3. The van der Waals surface area contributed by atoms with E-state index in [-0.39, 0.29) is 5.91 Å². The number of nitrogens with zero attached hydrogens (tertiary/aromatic N) is 3. The maximum absolute atomic E-state index is 11.9. The Morgan fingerprint density at radius 1 is 1.65 bits per heavy atom. The molecule has 0 aliphatic rings. The van der Waals surface area contributed by atoms with Gasteiger partial charge in [0.05, 0.1) is 5.02 Å². The van der Waals surface area contributed by atoms with Crippen molar-refractivity contribution in [2.24, 2.45) is 0 Å². The Kier molecular flexibility index (Phi) is 3.43. The van der Waals surface area contributed by atoms with Crippen LogP contribution in [0.1, 0.15) is 23.8 Å². The summed E-state index contributed by atoms with van der Waals surface area (Å²) in [6.45, 7) is 2.78. The van der Waals surface area contributed by atoms with Crippen molar-refractivity contribution in [1.29, 1.82) is 0 Å². The first-order chi connectivity index (χ1) is 8.20. The smallest absolute Gasteiger partial charge is 0.274 e. The number of carbonyl (C=O) groups excluding carboxylic acids is 1. The number of rotatable bonds is 4. The molecule has 0 unspecified atom stereocenters. The summed E-state index contributed by atoms with van der Waals surface area (Å²) in [5.74, 6) is 0.0532. The average molecular weight is 254 g/mol. The summed E-state index contributed by atoms with van der Waals surface area (Å²) in [6.07, 6.45) is 3.99. The summed E-state index contributed by atoms with van der Waals surface area (Å²) >= 11 is 5.89. The molecule has 2 heterocycles. The van der Waals surface area contributed by atoms with Gasteiger partial charge in [0.25, 0.3) is 5.91 Å². The number of carbonyl (C=O) groups is 1. The van der Waals surface area contributed by atoms with Gasteiger partial charge in [0, 0.05) is 12.7 Å². The lowest BCUT2D eigenvalue weighted by Crippen LogP contribution is -2.17. The monoisotopic (exact) mass is 253 g/mol. The lowest BCUT2D eigenvalue weighted by molar-refractivity contribution is 0.101. The Morgan fingerprint density at radius 3 is 3.12 bits per heavy atom. The van der Waals surface area contributed by atoms with Gasteiger partial charge in [0.15, 0.2) is 0 Å². The number of anilines is 1. The summed E-state index contributed by atoms with van der Waals surface area (Å²) in [7, 11) is 0. The van der Waals surface area contributed by atoms with E-state index in [1.54, 1.807) is 12.3 Å². The van der Waals surface area contributed by atoms with Crippen molar-refractivity contribution in [3.05, 3.63) is 29.3 Å². The maximum atomic E-state index is 11.9. The van der Waals surface area contributed by atoms with E-state index in [1.807, 2.05) is 11.5 Å². The lowest BCUT2D eigenvalue weighted by Gasteiger charge is -2.06. The van der Waals surface area contributed by atoms with Crippen molar-refractivity contribution in [3.63, 3.8) is 0 Å². The van der Waals surface area contributed by atoms with Gasteiger partial charge in [-0.1, -0.05) is 18.5 Å². The van der Waals surface area contributed by atoms with E-state index in [9.17, 15) is 4.79 Å². The molecule has 0 aliphatic carbocycles. The Balaban J connectivity index is 2.18. The van der Waals surface area contributed by atoms with Crippen LogP contribution in [-0.4, -0.2) is 25.7 Å². The second kappa shape index (κ2) is 5.01. The fraction of sp³-hybridized carbons (Fsp3) is 0.300. The van der Waals surface area contributed by atoms with Crippen LogP contribution in [0.25, 0.3) is 0 Å². The standard InChI is InChI=1S/C10H12ClN5O/c1-2-3-16-5-7(11)4-8(16)9(17)14-10-12-6-13-15-10/h4-6H,2-3H2,1H3,(H2,12,13,14,15,17). The number of H-pyrrole nitrogens is 1. The highest BCUT2D eigenvalue weighted by atomic mass is 35.5. The van der Waals surface area contributed by atoms with Crippen LogP contribution in [0.3, 0.4) is 0 Å². The van der Waals surface area contributed by atoms with Gasteiger partial charge in [-0.15, -0.1) is 0 Å². The first kappa shape index (κ1) is 11.7. The molecule has 90 valence electrons. The Hall–Kier alpha value is -1.82. The van der Waals surface area contributed by atoms with E-state index in [4.69, 9.17) is 11.6 Å². The van der Waals surface area contributed by atoms with Crippen LogP contribution in [0.4, 0.5) is 5.95 Å². The molecular weight excluding hydrogens is 242 g/mol. The van der Waals surface area contributed by atoms with Crippen LogP contribution in [0.15, 0.2) is 18.6 Å². The van der Waals surface area contributed by atoms with Crippen LogP contribution in [0.5, 0.6) is 0 Å². The van der Waals surface area contributed by atoms with Crippen molar-refractivity contribution in [3.8, 4) is 0 Å². The molecule has 2 N–H and O–H groups in total. The molecule has 0 saturated heterocycles. The normalized spacial score (nSPS) is 10.5. The third kappa shape index (κ3) is 2.65. The predicted molar refractivity (Wildman–Crippen MR) is 64.1 cm³/mol. The van der Waals surface area contributed by atoms with Gasteiger partial charge >= 0.3 is 0 Å². The van der Waals surface area contributed by atoms with E-state index in [0.717, 1.165) is 13.0 Å². The SMILES string of the molecule is CCCn1cc(Cl)cc1C(=O)Nc1ncn[nH]1. The van der Waals surface area contributed by atoms with Crippen LogP contribution in [-0.2, 0) is 6.54 Å². The summed E-state index contributed by atoms with van der Waals surface area (Å²) in [6, 6.07) is 1.63. The fourth-order valence-corrected chi connectivity index (χ4v) is 1.75. The second-order valence-corrected chi connectivity index (χ2v) is 3.96. The van der Waals surface area contributed by atoms with Crippen molar-refractivity contribution >= 4 is 23.5 Å². The van der Waals surface area contributed by atoms with Gasteiger partial charge in [-0.2, -0.15) is 10.1 Å². The van der Waals surface area contributed by atoms with Crippen molar-refractivity contribution in [2.45, 2.75) is 19.9 Å². The van der Waals surface area contributed by atoms with Gasteiger partial charge in [-0.25, -0.2) is 5.10 Å². The molecule has 0 fully saturated rings. The second-order valence-electron chi connectivity index (χ2n) is 3.53. The Morgan fingerprint density at radius 2 is 2.47 bits per heavy atom. The molecular formula is C10H12ClN5O. The molecule has 6 nitrogen and oxygen atoms in total. The molecule has 17 heavy (non-hydrogen) atoms. The summed E-state index contributed by atoms with van der Waals surface area (Å²) < 4.78 is 1.81. The minimum atomic E-state index is -0.262. The van der Waals surface area contributed by atoms with E-state index >= 15 is 0 Å². The molecule has 7 heteroatoms. The number of aromatic amines is 1. The molecule has 1 amide bonds. The minimum Gasteiger partial charge on any atom is -0.342 e. The zero-order valence-electron chi connectivity index (χ0n) is 9.27. The van der Waals surface area contributed by atoms with E-state index in [2.05, 4.69) is 20.5 Å². The number of halogens is 1. The molecule has 2 aromatic rings. The number of amides is 1. The molecule has 0 radical (unpaired) electrons. The summed E-state index contributed by atoms with van der Waals surface area (Å²) in [5, 5.41) is 9.36. The van der Waals surface area contributed by atoms with E-state index in [1.165, 1.54) is 6.33 Å². The van der Waals surface area contributed by atoms with E-state index < -0.39 is 0 Å². The molecule has 0 spiro atoms. The Bertz CT molecular complexity index is 505. The van der Waals surface area contributed by atoms with Gasteiger partial charge in [0.1, 0.15) is 12.0 Å². The van der Waals surface area contributed by atoms with Crippen LogP contribution in [0, 0.1) is 0 Å². The molecule has 0 saturated carbocycles. The highest BCUT2D eigenvalue weighted by molar-refractivity contribution is 6.31. The number of aromatic nitrogens is 4. The topological polar surface area (TPSA) is 75.6 Å². The average Bonchev–Trinajstić information content (AvgIpc) is 2.88. The van der Waals surface area contributed by atoms with Crippen molar-refractivity contribution in [1.82, 2.24) is 19.7 Å². The third-order valence-electron chi connectivity index (χ3n) is 2.21. The highest BCUT2D eigenvalue weighted by Gasteiger charge is 2.13. The molecule has 0 atom stereocenters. The van der Waals surface area contributed by atoms with Crippen LogP contribution < -0.4 is 5.32 Å². The zero-order chi connectivity index (χ0) is 12.3. The number of hydrogen-bond donors (Lipinski definition) is 2. The third-order valence-corrected chi connectivity index (χ3v) is 2.41. The number of aryl methyl sites for hydroxylation is 1. The summed E-state index contributed by atoms with van der Waals surface area (Å²) in [4.78, 5) is 15.8. The van der Waals surface area contributed by atoms with E-state index in [0.29, 0.717) is 16.7 Å². The van der Waals surface area contributed by atoms with Gasteiger partial charge in [-0.05, 0) is 12.5 Å². The molecule has 2 aromatic heterocycles. The van der Waals surface area contributed by atoms with Crippen LogP contribution >= 0.6 is 11.6 Å². The highest BCUT2D eigenvalue weighted by Crippen LogP contribution is 2.15. The first-order valence-corrected chi connectivity index (χ1v) is 5.61. The van der Waals surface area contributed by atoms with Crippen molar-refractivity contribution in [2.75, 3.05) is 5.32 Å². The molecule has 0 aromatic carbocycles.